The molecule has 0 radical (unpaired) electrons. The summed E-state index contributed by atoms with van der Waals surface area (Å²) in [6.07, 6.45) is 1.35. The van der Waals surface area contributed by atoms with E-state index in [9.17, 15) is 9.50 Å². The van der Waals surface area contributed by atoms with E-state index in [0.717, 1.165) is 24.7 Å². The van der Waals surface area contributed by atoms with Gasteiger partial charge in [0.05, 0.1) is 12.3 Å². The first kappa shape index (κ1) is 14.7. The summed E-state index contributed by atoms with van der Waals surface area (Å²) in [5.74, 6) is -0.0711. The summed E-state index contributed by atoms with van der Waals surface area (Å²) < 4.78 is 13.6. The molecule has 0 spiro atoms. The molecule has 20 heavy (non-hydrogen) atoms. The highest BCUT2D eigenvalue weighted by molar-refractivity contribution is 7.07. The Morgan fingerprint density at radius 3 is 3.00 bits per heavy atom. The van der Waals surface area contributed by atoms with Crippen molar-refractivity contribution in [3.63, 3.8) is 0 Å². The number of halogens is 1. The summed E-state index contributed by atoms with van der Waals surface area (Å²) in [6, 6.07) is 1.83. The molecule has 2 heterocycles. The lowest BCUT2D eigenvalue weighted by Crippen LogP contribution is -2.15. The van der Waals surface area contributed by atoms with Gasteiger partial charge in [0.25, 0.3) is 0 Å². The molecule has 7 heteroatoms. The van der Waals surface area contributed by atoms with Gasteiger partial charge in [0.2, 0.25) is 5.95 Å². The van der Waals surface area contributed by atoms with Gasteiger partial charge >= 0.3 is 0 Å². The number of nitrogens with zero attached hydrogens (tertiary/aromatic N) is 2. The van der Waals surface area contributed by atoms with Crippen molar-refractivity contribution < 1.29 is 9.50 Å². The molecular formula is C13H17FN4OS. The van der Waals surface area contributed by atoms with Gasteiger partial charge in [0.15, 0.2) is 11.6 Å². The summed E-state index contributed by atoms with van der Waals surface area (Å²) in [4.78, 5) is 7.90. The Balaban J connectivity index is 1.97. The van der Waals surface area contributed by atoms with Crippen LogP contribution in [0.2, 0.25) is 0 Å². The van der Waals surface area contributed by atoms with Gasteiger partial charge in [0.1, 0.15) is 0 Å². The molecule has 2 rings (SSSR count). The average Bonchev–Trinajstić information content (AvgIpc) is 2.99. The van der Waals surface area contributed by atoms with Gasteiger partial charge in [-0.05, 0) is 28.8 Å². The van der Waals surface area contributed by atoms with E-state index < -0.39 is 11.9 Å². The maximum absolute atomic E-state index is 13.6. The van der Waals surface area contributed by atoms with Gasteiger partial charge in [-0.15, -0.1) is 0 Å². The Morgan fingerprint density at radius 2 is 2.30 bits per heavy atom. The predicted octanol–water partition coefficient (Wildman–Crippen LogP) is 2.64. The topological polar surface area (TPSA) is 70.1 Å². The van der Waals surface area contributed by atoms with Crippen LogP contribution in [0, 0.1) is 5.82 Å². The lowest BCUT2D eigenvalue weighted by molar-refractivity contribution is 0.192. The van der Waals surface area contributed by atoms with Crippen molar-refractivity contribution in [2.75, 3.05) is 23.7 Å². The maximum atomic E-state index is 13.6. The largest absolute Gasteiger partial charge is 0.387 e. The van der Waals surface area contributed by atoms with Gasteiger partial charge in [0, 0.05) is 13.1 Å². The van der Waals surface area contributed by atoms with Gasteiger partial charge in [-0.2, -0.15) is 16.3 Å². The molecule has 5 nitrogen and oxygen atoms in total. The molecule has 108 valence electrons. The molecule has 3 N–H and O–H groups in total. The van der Waals surface area contributed by atoms with Gasteiger partial charge in [-0.25, -0.2) is 9.37 Å². The molecule has 0 saturated carbocycles. The van der Waals surface area contributed by atoms with E-state index in [-0.39, 0.29) is 12.4 Å². The van der Waals surface area contributed by atoms with Crippen LogP contribution in [0.3, 0.4) is 0 Å². The Morgan fingerprint density at radius 1 is 1.45 bits per heavy atom. The summed E-state index contributed by atoms with van der Waals surface area (Å²) in [6.45, 7) is 2.94. The second kappa shape index (κ2) is 7.16. The number of hydrogen-bond donors (Lipinski definition) is 3. The second-order valence-corrected chi connectivity index (χ2v) is 5.05. The minimum Gasteiger partial charge on any atom is -0.387 e. The van der Waals surface area contributed by atoms with Crippen molar-refractivity contribution in [3.05, 3.63) is 34.4 Å². The third-order valence-corrected chi connectivity index (χ3v) is 3.37. The van der Waals surface area contributed by atoms with E-state index >= 15 is 0 Å². The highest BCUT2D eigenvalue weighted by atomic mass is 32.1. The molecule has 0 aliphatic rings. The molecular weight excluding hydrogens is 279 g/mol. The fourth-order valence-electron chi connectivity index (χ4n) is 1.59. The molecule has 1 atom stereocenters. The molecule has 2 aromatic rings. The summed E-state index contributed by atoms with van der Waals surface area (Å²) in [5.41, 5.74) is 0.807. The van der Waals surface area contributed by atoms with Crippen LogP contribution in [0.1, 0.15) is 25.0 Å². The molecule has 0 bridgehead atoms. The number of nitrogens with one attached hydrogen (secondary N) is 2. The van der Waals surface area contributed by atoms with Crippen molar-refractivity contribution in [1.29, 1.82) is 0 Å². The van der Waals surface area contributed by atoms with E-state index in [2.05, 4.69) is 20.6 Å². The smallest absolute Gasteiger partial charge is 0.224 e. The van der Waals surface area contributed by atoms with Crippen LogP contribution < -0.4 is 10.6 Å². The van der Waals surface area contributed by atoms with E-state index in [1.54, 1.807) is 0 Å². The minimum atomic E-state index is -0.692. The van der Waals surface area contributed by atoms with Crippen LogP contribution in [0.25, 0.3) is 0 Å². The van der Waals surface area contributed by atoms with E-state index in [1.807, 2.05) is 23.8 Å². The van der Waals surface area contributed by atoms with E-state index in [4.69, 9.17) is 0 Å². The van der Waals surface area contributed by atoms with Crippen LogP contribution in [0.15, 0.2) is 23.0 Å². The third-order valence-electron chi connectivity index (χ3n) is 2.67. The first-order valence-electron chi connectivity index (χ1n) is 6.41. The Bertz CT molecular complexity index is 535. The van der Waals surface area contributed by atoms with Gasteiger partial charge < -0.3 is 15.7 Å². The molecule has 0 aliphatic carbocycles. The van der Waals surface area contributed by atoms with Gasteiger partial charge in [-0.1, -0.05) is 6.92 Å². The molecule has 1 unspecified atom stereocenters. The standard InChI is InChI=1S/C13H17FN4OS/c1-2-4-15-13-17-6-10(14)12(18-13)16-7-11(19)9-3-5-20-8-9/h3,5-6,8,11,19H,2,4,7H2,1H3,(H2,15,16,17,18). The van der Waals surface area contributed by atoms with Crippen LogP contribution in [0.5, 0.6) is 0 Å². The monoisotopic (exact) mass is 296 g/mol. The number of aliphatic hydroxyl groups is 1. The molecule has 0 saturated heterocycles. The Kier molecular flexibility index (Phi) is 5.25. The van der Waals surface area contributed by atoms with Crippen molar-refractivity contribution in [1.82, 2.24) is 9.97 Å². The lowest BCUT2D eigenvalue weighted by Gasteiger charge is -2.12. The molecule has 0 aliphatic heterocycles. The first-order chi connectivity index (χ1) is 9.70. The normalized spacial score (nSPS) is 12.2. The van der Waals surface area contributed by atoms with Crippen molar-refractivity contribution in [2.24, 2.45) is 0 Å². The zero-order valence-electron chi connectivity index (χ0n) is 11.1. The summed E-state index contributed by atoms with van der Waals surface area (Å²) >= 11 is 1.51. The zero-order valence-corrected chi connectivity index (χ0v) is 12.0. The fourth-order valence-corrected chi connectivity index (χ4v) is 2.30. The summed E-state index contributed by atoms with van der Waals surface area (Å²) in [5, 5.41) is 19.5. The summed E-state index contributed by atoms with van der Waals surface area (Å²) in [7, 11) is 0. The third kappa shape index (κ3) is 3.88. The molecule has 0 amide bonds. The number of hydrogen-bond acceptors (Lipinski definition) is 6. The second-order valence-electron chi connectivity index (χ2n) is 4.27. The molecule has 0 fully saturated rings. The lowest BCUT2D eigenvalue weighted by atomic mass is 10.2. The average molecular weight is 296 g/mol. The number of thiophene rings is 1. The van der Waals surface area contributed by atoms with Crippen molar-refractivity contribution in [2.45, 2.75) is 19.4 Å². The van der Waals surface area contributed by atoms with Crippen molar-refractivity contribution in [3.8, 4) is 0 Å². The zero-order chi connectivity index (χ0) is 14.4. The maximum Gasteiger partial charge on any atom is 0.224 e. The Hall–Kier alpha value is -1.73. The van der Waals surface area contributed by atoms with Crippen LogP contribution in [0.4, 0.5) is 16.2 Å². The van der Waals surface area contributed by atoms with Crippen molar-refractivity contribution >= 4 is 23.1 Å². The molecule has 2 aromatic heterocycles. The SMILES string of the molecule is CCCNc1ncc(F)c(NCC(O)c2ccsc2)n1. The number of aliphatic hydroxyl groups excluding tert-OH is 1. The number of anilines is 2. The van der Waals surface area contributed by atoms with Crippen LogP contribution in [-0.2, 0) is 0 Å². The number of aromatic nitrogens is 2. The molecule has 0 aromatic carbocycles. The van der Waals surface area contributed by atoms with Crippen LogP contribution in [-0.4, -0.2) is 28.2 Å². The quantitative estimate of drug-likeness (QED) is 0.733. The van der Waals surface area contributed by atoms with Crippen LogP contribution >= 0.6 is 11.3 Å². The fraction of sp³-hybridized carbons (Fsp3) is 0.385. The first-order valence-corrected chi connectivity index (χ1v) is 7.35. The highest BCUT2D eigenvalue weighted by Gasteiger charge is 2.11. The predicted molar refractivity (Wildman–Crippen MR) is 78.5 cm³/mol. The van der Waals surface area contributed by atoms with Gasteiger partial charge in [-0.3, -0.25) is 0 Å². The number of rotatable bonds is 7. The Labute approximate surface area is 120 Å². The highest BCUT2D eigenvalue weighted by Crippen LogP contribution is 2.18. The van der Waals surface area contributed by atoms with E-state index in [1.165, 1.54) is 11.3 Å². The van der Waals surface area contributed by atoms with E-state index in [0.29, 0.717) is 5.95 Å². The minimum absolute atomic E-state index is 0.0906.